The highest BCUT2D eigenvalue weighted by molar-refractivity contribution is 5.35. The van der Waals surface area contributed by atoms with E-state index in [0.717, 1.165) is 38.3 Å². The molecular weight excluding hydrogens is 320 g/mol. The van der Waals surface area contributed by atoms with Gasteiger partial charge >= 0.3 is 5.69 Å². The largest absolute Gasteiger partial charge is 0.346 e. The number of likely N-dealkylation sites (N-methyl/N-ethyl adjacent to an activating group) is 1. The molecule has 0 spiro atoms. The van der Waals surface area contributed by atoms with Crippen LogP contribution in [0.4, 0.5) is 11.6 Å². The summed E-state index contributed by atoms with van der Waals surface area (Å²) >= 11 is 0. The molecule has 1 N–H and O–H groups in total. The molecule has 1 aromatic carbocycles. The van der Waals surface area contributed by atoms with Crippen LogP contribution < -0.4 is 5.32 Å². The van der Waals surface area contributed by atoms with Gasteiger partial charge < -0.3 is 10.2 Å². The molecule has 1 aromatic heterocycles. The summed E-state index contributed by atoms with van der Waals surface area (Å²) in [6.07, 6.45) is 2.46. The van der Waals surface area contributed by atoms with Gasteiger partial charge in [0.25, 0.3) is 0 Å². The van der Waals surface area contributed by atoms with E-state index in [4.69, 9.17) is 0 Å². The molecule has 1 atom stereocenters. The first-order chi connectivity index (χ1) is 12.1. The fourth-order valence-electron chi connectivity index (χ4n) is 2.85. The third-order valence-corrected chi connectivity index (χ3v) is 4.39. The first-order valence-corrected chi connectivity index (χ1v) is 8.30. The van der Waals surface area contributed by atoms with Gasteiger partial charge in [-0.15, -0.1) is 0 Å². The molecule has 8 nitrogen and oxygen atoms in total. The average molecular weight is 342 g/mol. The first kappa shape index (κ1) is 17.2. The maximum absolute atomic E-state index is 10.7. The van der Waals surface area contributed by atoms with Gasteiger partial charge in [0.1, 0.15) is 12.4 Å². The fourth-order valence-corrected chi connectivity index (χ4v) is 2.85. The molecule has 2 heterocycles. The van der Waals surface area contributed by atoms with E-state index < -0.39 is 4.92 Å². The summed E-state index contributed by atoms with van der Waals surface area (Å²) in [5.41, 5.74) is 1.03. The zero-order chi connectivity index (χ0) is 17.6. The SMILES string of the molecule is CN1CCN(CC(Nc2ncc([N+](=O)[O-])cn2)c2ccccc2)CC1. The van der Waals surface area contributed by atoms with Crippen molar-refractivity contribution in [2.45, 2.75) is 6.04 Å². The second-order valence-electron chi connectivity index (χ2n) is 6.23. The lowest BCUT2D eigenvalue weighted by Gasteiger charge is -2.35. The number of hydrogen-bond acceptors (Lipinski definition) is 7. The molecular formula is C17H22N6O2. The van der Waals surface area contributed by atoms with Crippen LogP contribution in [0.5, 0.6) is 0 Å². The summed E-state index contributed by atoms with van der Waals surface area (Å²) in [5.74, 6) is 0.397. The number of nitrogens with one attached hydrogen (secondary N) is 1. The van der Waals surface area contributed by atoms with Crippen LogP contribution in [0.25, 0.3) is 0 Å². The Balaban J connectivity index is 1.73. The van der Waals surface area contributed by atoms with E-state index in [-0.39, 0.29) is 11.7 Å². The fraction of sp³-hybridized carbons (Fsp3) is 0.412. The lowest BCUT2D eigenvalue weighted by molar-refractivity contribution is -0.385. The van der Waals surface area contributed by atoms with Crippen LogP contribution in [0.1, 0.15) is 11.6 Å². The Kier molecular flexibility index (Phi) is 5.52. The average Bonchev–Trinajstić information content (AvgIpc) is 2.64. The number of anilines is 1. The minimum atomic E-state index is -0.497. The summed E-state index contributed by atoms with van der Waals surface area (Å²) < 4.78 is 0. The minimum Gasteiger partial charge on any atom is -0.346 e. The number of piperazine rings is 1. The maximum Gasteiger partial charge on any atom is 0.305 e. The van der Waals surface area contributed by atoms with Gasteiger partial charge in [0.05, 0.1) is 11.0 Å². The molecule has 0 radical (unpaired) electrons. The van der Waals surface area contributed by atoms with E-state index in [1.54, 1.807) is 0 Å². The van der Waals surface area contributed by atoms with Crippen molar-refractivity contribution in [1.82, 2.24) is 19.8 Å². The Morgan fingerprint density at radius 1 is 1.16 bits per heavy atom. The smallest absolute Gasteiger partial charge is 0.305 e. The molecule has 1 aliphatic rings. The summed E-state index contributed by atoms with van der Waals surface area (Å²) in [6, 6.07) is 10.2. The lowest BCUT2D eigenvalue weighted by Crippen LogP contribution is -2.46. The van der Waals surface area contributed by atoms with Crippen molar-refractivity contribution in [1.29, 1.82) is 0 Å². The molecule has 0 bridgehead atoms. The third kappa shape index (κ3) is 4.71. The van der Waals surface area contributed by atoms with Crippen LogP contribution in [-0.4, -0.2) is 64.5 Å². The van der Waals surface area contributed by atoms with Gasteiger partial charge in [-0.3, -0.25) is 15.0 Å². The monoisotopic (exact) mass is 342 g/mol. The van der Waals surface area contributed by atoms with Gasteiger partial charge in [-0.05, 0) is 12.6 Å². The van der Waals surface area contributed by atoms with Crippen molar-refractivity contribution in [3.8, 4) is 0 Å². The normalized spacial score (nSPS) is 17.2. The lowest BCUT2D eigenvalue weighted by atomic mass is 10.1. The van der Waals surface area contributed by atoms with Gasteiger partial charge in [0.2, 0.25) is 5.95 Å². The van der Waals surface area contributed by atoms with E-state index >= 15 is 0 Å². The maximum atomic E-state index is 10.7. The molecule has 132 valence electrons. The predicted molar refractivity (Wildman–Crippen MR) is 95.4 cm³/mol. The predicted octanol–water partition coefficient (Wildman–Crippen LogP) is 1.79. The molecule has 2 aromatic rings. The Hall–Kier alpha value is -2.58. The van der Waals surface area contributed by atoms with Crippen molar-refractivity contribution >= 4 is 11.6 Å². The Morgan fingerprint density at radius 2 is 1.80 bits per heavy atom. The van der Waals surface area contributed by atoms with Crippen molar-refractivity contribution in [2.24, 2.45) is 0 Å². The van der Waals surface area contributed by atoms with Crippen LogP contribution in [-0.2, 0) is 0 Å². The van der Waals surface area contributed by atoms with E-state index in [0.29, 0.717) is 5.95 Å². The molecule has 25 heavy (non-hydrogen) atoms. The van der Waals surface area contributed by atoms with Gasteiger partial charge in [0.15, 0.2) is 0 Å². The number of rotatable bonds is 6. The second kappa shape index (κ2) is 8.00. The molecule has 0 saturated carbocycles. The van der Waals surface area contributed by atoms with Crippen LogP contribution >= 0.6 is 0 Å². The molecule has 0 aliphatic carbocycles. The van der Waals surface area contributed by atoms with E-state index in [1.165, 1.54) is 12.4 Å². The second-order valence-corrected chi connectivity index (χ2v) is 6.23. The molecule has 1 aliphatic heterocycles. The molecule has 3 rings (SSSR count). The molecule has 8 heteroatoms. The van der Waals surface area contributed by atoms with Crippen molar-refractivity contribution in [3.63, 3.8) is 0 Å². The number of nitrogens with zero attached hydrogens (tertiary/aromatic N) is 5. The first-order valence-electron chi connectivity index (χ1n) is 8.30. The quantitative estimate of drug-likeness (QED) is 0.632. The number of aromatic nitrogens is 2. The summed E-state index contributed by atoms with van der Waals surface area (Å²) in [4.78, 5) is 23.1. The standard InChI is InChI=1S/C17H22N6O2/c1-21-7-9-22(10-8-21)13-16(14-5-3-2-4-6-14)20-17-18-11-15(12-19-17)23(24)25/h2-6,11-12,16H,7-10,13H2,1H3,(H,18,19,20). The Bertz CT molecular complexity index is 686. The van der Waals surface area contributed by atoms with Crippen LogP contribution in [0.15, 0.2) is 42.7 Å². The zero-order valence-corrected chi connectivity index (χ0v) is 14.2. The van der Waals surface area contributed by atoms with Gasteiger partial charge in [-0.2, -0.15) is 0 Å². The number of nitro groups is 1. The van der Waals surface area contributed by atoms with Crippen molar-refractivity contribution in [2.75, 3.05) is 45.1 Å². The Morgan fingerprint density at radius 3 is 2.40 bits per heavy atom. The summed E-state index contributed by atoms with van der Waals surface area (Å²) in [6.45, 7) is 4.97. The van der Waals surface area contributed by atoms with Crippen molar-refractivity contribution in [3.05, 3.63) is 58.4 Å². The topological polar surface area (TPSA) is 87.4 Å². The highest BCUT2D eigenvalue weighted by Gasteiger charge is 2.20. The highest BCUT2D eigenvalue weighted by atomic mass is 16.6. The van der Waals surface area contributed by atoms with E-state index in [2.05, 4.69) is 44.3 Å². The van der Waals surface area contributed by atoms with Gasteiger partial charge in [-0.25, -0.2) is 9.97 Å². The van der Waals surface area contributed by atoms with Gasteiger partial charge in [-0.1, -0.05) is 30.3 Å². The molecule has 1 saturated heterocycles. The van der Waals surface area contributed by atoms with Gasteiger partial charge in [0, 0.05) is 32.7 Å². The summed E-state index contributed by atoms with van der Waals surface area (Å²) in [7, 11) is 2.13. The van der Waals surface area contributed by atoms with Crippen LogP contribution in [0, 0.1) is 10.1 Å². The third-order valence-electron chi connectivity index (χ3n) is 4.39. The van der Waals surface area contributed by atoms with Crippen molar-refractivity contribution < 1.29 is 4.92 Å². The Labute approximate surface area is 146 Å². The minimum absolute atomic E-state index is 0.0195. The highest BCUT2D eigenvalue weighted by Crippen LogP contribution is 2.20. The summed E-state index contributed by atoms with van der Waals surface area (Å²) in [5, 5.41) is 14.1. The molecule has 1 unspecified atom stereocenters. The number of benzene rings is 1. The molecule has 0 amide bonds. The van der Waals surface area contributed by atoms with Crippen LogP contribution in [0.2, 0.25) is 0 Å². The van der Waals surface area contributed by atoms with Crippen LogP contribution in [0.3, 0.4) is 0 Å². The van der Waals surface area contributed by atoms with E-state index in [9.17, 15) is 10.1 Å². The zero-order valence-electron chi connectivity index (χ0n) is 14.2. The molecule has 1 fully saturated rings. The van der Waals surface area contributed by atoms with E-state index in [1.807, 2.05) is 18.2 Å². The number of hydrogen-bond donors (Lipinski definition) is 1.